The summed E-state index contributed by atoms with van der Waals surface area (Å²) in [5.74, 6) is 1.04. The van der Waals surface area contributed by atoms with Gasteiger partial charge in [-0.2, -0.15) is 0 Å². The van der Waals surface area contributed by atoms with Crippen LogP contribution < -0.4 is 15.6 Å². The van der Waals surface area contributed by atoms with Crippen molar-refractivity contribution in [1.82, 2.24) is 15.3 Å². The van der Waals surface area contributed by atoms with Crippen LogP contribution in [0.5, 0.6) is 5.75 Å². The minimum atomic E-state index is -0.511. The predicted molar refractivity (Wildman–Crippen MR) is 88.4 cm³/mol. The summed E-state index contributed by atoms with van der Waals surface area (Å²) in [7, 11) is 2.74. The summed E-state index contributed by atoms with van der Waals surface area (Å²) in [6, 6.07) is 3.31. The van der Waals surface area contributed by atoms with Crippen LogP contribution in [0.2, 0.25) is 0 Å². The summed E-state index contributed by atoms with van der Waals surface area (Å²) in [5, 5.41) is 3.44. The number of aromatic amines is 1. The zero-order chi connectivity index (χ0) is 17.9. The van der Waals surface area contributed by atoms with Crippen molar-refractivity contribution in [3.63, 3.8) is 0 Å². The van der Waals surface area contributed by atoms with Crippen molar-refractivity contribution in [3.8, 4) is 5.75 Å². The lowest BCUT2D eigenvalue weighted by Crippen LogP contribution is -2.42. The molecule has 0 amide bonds. The molecule has 1 aliphatic rings. The second-order valence-corrected chi connectivity index (χ2v) is 6.03. The van der Waals surface area contributed by atoms with Crippen LogP contribution >= 0.6 is 0 Å². The number of hydrogen-bond acceptors (Lipinski definition) is 7. The van der Waals surface area contributed by atoms with Crippen molar-refractivity contribution in [2.24, 2.45) is 0 Å². The predicted octanol–water partition coefficient (Wildman–Crippen LogP) is 1.72. The number of furan rings is 1. The van der Waals surface area contributed by atoms with Crippen molar-refractivity contribution in [1.29, 1.82) is 0 Å². The number of H-pyrrole nitrogens is 1. The van der Waals surface area contributed by atoms with E-state index in [9.17, 15) is 9.59 Å². The average molecular weight is 347 g/mol. The molecular formula is C17H21N3O5. The molecule has 2 aromatic heterocycles. The summed E-state index contributed by atoms with van der Waals surface area (Å²) in [6.45, 7) is 0.409. The normalized spacial score (nSPS) is 15.9. The number of esters is 1. The number of nitrogens with one attached hydrogen (secondary N) is 2. The molecule has 0 aliphatic heterocycles. The Labute approximate surface area is 144 Å². The van der Waals surface area contributed by atoms with Gasteiger partial charge >= 0.3 is 5.97 Å². The third-order valence-electron chi connectivity index (χ3n) is 4.55. The topological polar surface area (TPSA) is 106 Å². The van der Waals surface area contributed by atoms with E-state index in [4.69, 9.17) is 9.15 Å². The SMILES string of the molecule is COC(=O)c1ccc(CNC2(c3ncc(OC)c(=O)[nH]3)CCCC2)o1. The highest BCUT2D eigenvalue weighted by Crippen LogP contribution is 2.37. The second kappa shape index (κ2) is 7.10. The first-order chi connectivity index (χ1) is 12.1. The summed E-state index contributed by atoms with van der Waals surface area (Å²) in [5.41, 5.74) is -0.726. The average Bonchev–Trinajstić information content (AvgIpc) is 3.29. The molecule has 0 spiro atoms. The molecule has 2 heterocycles. The fourth-order valence-corrected chi connectivity index (χ4v) is 3.19. The van der Waals surface area contributed by atoms with Crippen LogP contribution in [0.25, 0.3) is 0 Å². The van der Waals surface area contributed by atoms with E-state index in [1.807, 2.05) is 0 Å². The van der Waals surface area contributed by atoms with Crippen molar-refractivity contribution in [2.45, 2.75) is 37.8 Å². The van der Waals surface area contributed by atoms with Crippen LogP contribution in [-0.4, -0.2) is 30.2 Å². The van der Waals surface area contributed by atoms with E-state index in [-0.39, 0.29) is 17.1 Å². The summed E-state index contributed by atoms with van der Waals surface area (Å²) in [6.07, 6.45) is 5.22. The van der Waals surface area contributed by atoms with E-state index in [1.165, 1.54) is 20.4 Å². The second-order valence-electron chi connectivity index (χ2n) is 6.03. The van der Waals surface area contributed by atoms with Crippen LogP contribution in [-0.2, 0) is 16.8 Å². The highest BCUT2D eigenvalue weighted by molar-refractivity contribution is 5.86. The van der Waals surface area contributed by atoms with E-state index in [0.717, 1.165) is 25.7 Å². The molecule has 1 saturated carbocycles. The number of methoxy groups -OCH3 is 2. The van der Waals surface area contributed by atoms with Crippen molar-refractivity contribution >= 4 is 5.97 Å². The minimum absolute atomic E-state index is 0.163. The molecular weight excluding hydrogens is 326 g/mol. The Morgan fingerprint density at radius 3 is 2.76 bits per heavy atom. The molecule has 0 unspecified atom stereocenters. The summed E-state index contributed by atoms with van der Waals surface area (Å²) < 4.78 is 15.1. The van der Waals surface area contributed by atoms with Crippen molar-refractivity contribution < 1.29 is 18.7 Å². The Balaban J connectivity index is 1.79. The van der Waals surface area contributed by atoms with Gasteiger partial charge in [-0.3, -0.25) is 10.1 Å². The number of aromatic nitrogens is 2. The van der Waals surface area contributed by atoms with E-state index < -0.39 is 11.5 Å². The van der Waals surface area contributed by atoms with E-state index in [0.29, 0.717) is 18.1 Å². The Bertz CT molecular complexity index is 805. The van der Waals surface area contributed by atoms with Gasteiger partial charge in [0.15, 0.2) is 0 Å². The number of carbonyl (C=O) groups is 1. The number of ether oxygens (including phenoxy) is 2. The number of nitrogens with zero attached hydrogens (tertiary/aromatic N) is 1. The van der Waals surface area contributed by atoms with Gasteiger partial charge in [0, 0.05) is 0 Å². The molecule has 1 fully saturated rings. The first-order valence-electron chi connectivity index (χ1n) is 8.14. The molecule has 1 aliphatic carbocycles. The van der Waals surface area contributed by atoms with E-state index in [2.05, 4.69) is 20.0 Å². The fourth-order valence-electron chi connectivity index (χ4n) is 3.19. The van der Waals surface area contributed by atoms with Gasteiger partial charge in [-0.1, -0.05) is 12.8 Å². The van der Waals surface area contributed by atoms with Gasteiger partial charge in [0.1, 0.15) is 11.6 Å². The lowest BCUT2D eigenvalue weighted by Gasteiger charge is -2.29. The monoisotopic (exact) mass is 347 g/mol. The van der Waals surface area contributed by atoms with Gasteiger partial charge in [0.05, 0.1) is 32.5 Å². The highest BCUT2D eigenvalue weighted by atomic mass is 16.5. The van der Waals surface area contributed by atoms with Gasteiger partial charge in [-0.05, 0) is 25.0 Å². The van der Waals surface area contributed by atoms with E-state index >= 15 is 0 Å². The maximum absolute atomic E-state index is 12.0. The molecule has 25 heavy (non-hydrogen) atoms. The highest BCUT2D eigenvalue weighted by Gasteiger charge is 2.38. The minimum Gasteiger partial charge on any atom is -0.490 e. The number of hydrogen-bond donors (Lipinski definition) is 2. The van der Waals surface area contributed by atoms with Gasteiger partial charge in [0.2, 0.25) is 11.5 Å². The van der Waals surface area contributed by atoms with Crippen LogP contribution in [0.15, 0.2) is 27.5 Å². The lowest BCUT2D eigenvalue weighted by atomic mass is 9.96. The molecule has 8 nitrogen and oxygen atoms in total. The zero-order valence-electron chi connectivity index (χ0n) is 14.3. The Kier molecular flexibility index (Phi) is 4.89. The maximum atomic E-state index is 12.0. The first-order valence-corrected chi connectivity index (χ1v) is 8.14. The van der Waals surface area contributed by atoms with Crippen molar-refractivity contribution in [2.75, 3.05) is 14.2 Å². The molecule has 0 atom stereocenters. The molecule has 0 aromatic carbocycles. The Morgan fingerprint density at radius 2 is 2.12 bits per heavy atom. The zero-order valence-corrected chi connectivity index (χ0v) is 14.3. The smallest absolute Gasteiger partial charge is 0.373 e. The number of carbonyl (C=O) groups excluding carboxylic acids is 1. The quantitative estimate of drug-likeness (QED) is 0.766. The third kappa shape index (κ3) is 3.43. The standard InChI is InChI=1S/C17H21N3O5/c1-23-13-10-18-16(20-14(13)21)17(7-3-4-8-17)19-9-11-5-6-12(25-11)15(22)24-2/h5-6,10,19H,3-4,7-9H2,1-2H3,(H,18,20,21). The first kappa shape index (κ1) is 17.2. The molecule has 3 rings (SSSR count). The van der Waals surface area contributed by atoms with Crippen LogP contribution in [0.4, 0.5) is 0 Å². The third-order valence-corrected chi connectivity index (χ3v) is 4.55. The Morgan fingerprint density at radius 1 is 1.36 bits per heavy atom. The molecule has 0 bridgehead atoms. The van der Waals surface area contributed by atoms with Crippen molar-refractivity contribution in [3.05, 3.63) is 46.0 Å². The van der Waals surface area contributed by atoms with Crippen LogP contribution in [0.3, 0.4) is 0 Å². The van der Waals surface area contributed by atoms with Gasteiger partial charge < -0.3 is 18.9 Å². The van der Waals surface area contributed by atoms with Crippen LogP contribution in [0.1, 0.15) is 47.8 Å². The number of rotatable bonds is 6. The van der Waals surface area contributed by atoms with Gasteiger partial charge in [-0.15, -0.1) is 0 Å². The lowest BCUT2D eigenvalue weighted by molar-refractivity contribution is 0.0562. The summed E-state index contributed by atoms with van der Waals surface area (Å²) in [4.78, 5) is 30.7. The molecule has 2 aromatic rings. The summed E-state index contributed by atoms with van der Waals surface area (Å²) >= 11 is 0. The molecule has 2 N–H and O–H groups in total. The van der Waals surface area contributed by atoms with Gasteiger partial charge in [-0.25, -0.2) is 9.78 Å². The molecule has 8 heteroatoms. The molecule has 0 radical (unpaired) electrons. The van der Waals surface area contributed by atoms with Gasteiger partial charge in [0.25, 0.3) is 5.56 Å². The largest absolute Gasteiger partial charge is 0.490 e. The van der Waals surface area contributed by atoms with Crippen LogP contribution in [0, 0.1) is 0 Å². The maximum Gasteiger partial charge on any atom is 0.373 e. The fraction of sp³-hybridized carbons (Fsp3) is 0.471. The van der Waals surface area contributed by atoms with E-state index in [1.54, 1.807) is 12.1 Å². The molecule has 0 saturated heterocycles. The Hall–Kier alpha value is -2.61. The molecule has 134 valence electrons.